The first-order valence-corrected chi connectivity index (χ1v) is 9.54. The van der Waals surface area contributed by atoms with Crippen LogP contribution in [0.5, 0.6) is 17.2 Å². The predicted octanol–water partition coefficient (Wildman–Crippen LogP) is 4.30. The molecule has 2 aromatic rings. The van der Waals surface area contributed by atoms with Gasteiger partial charge in [-0.15, -0.1) is 0 Å². The van der Waals surface area contributed by atoms with Gasteiger partial charge in [0.05, 0.1) is 24.3 Å². The van der Waals surface area contributed by atoms with Crippen molar-refractivity contribution in [2.24, 2.45) is 0 Å². The molecule has 1 saturated carbocycles. The number of amides is 1. The van der Waals surface area contributed by atoms with Gasteiger partial charge in [0.25, 0.3) is 5.91 Å². The third kappa shape index (κ3) is 5.40. The Hall–Kier alpha value is -3.20. The molecule has 0 bridgehead atoms. The molecule has 1 amide bonds. The van der Waals surface area contributed by atoms with E-state index in [1.54, 1.807) is 18.2 Å². The van der Waals surface area contributed by atoms with E-state index in [9.17, 15) is 4.79 Å². The predicted molar refractivity (Wildman–Crippen MR) is 106 cm³/mol. The summed E-state index contributed by atoms with van der Waals surface area (Å²) >= 11 is 0. The van der Waals surface area contributed by atoms with Gasteiger partial charge in [0, 0.05) is 11.8 Å². The zero-order valence-electron chi connectivity index (χ0n) is 15.9. The van der Waals surface area contributed by atoms with Crippen LogP contribution in [0.15, 0.2) is 42.5 Å². The maximum Gasteiger partial charge on any atom is 0.262 e. The van der Waals surface area contributed by atoms with Crippen LogP contribution >= 0.6 is 0 Å². The first kappa shape index (κ1) is 19.6. The third-order valence-corrected chi connectivity index (χ3v) is 4.47. The van der Waals surface area contributed by atoms with E-state index in [1.807, 2.05) is 31.2 Å². The summed E-state index contributed by atoms with van der Waals surface area (Å²) in [4.78, 5) is 12.2. The zero-order valence-corrected chi connectivity index (χ0v) is 15.9. The molecule has 0 aliphatic heterocycles. The Morgan fingerprint density at radius 2 is 1.86 bits per heavy atom. The molecule has 0 spiro atoms. The van der Waals surface area contributed by atoms with Gasteiger partial charge in [-0.05, 0) is 69.0 Å². The molecule has 3 rings (SSSR count). The fourth-order valence-electron chi connectivity index (χ4n) is 3.12. The Morgan fingerprint density at radius 1 is 1.11 bits per heavy atom. The van der Waals surface area contributed by atoms with Gasteiger partial charge in [0.1, 0.15) is 5.75 Å². The Morgan fingerprint density at radius 3 is 2.54 bits per heavy atom. The van der Waals surface area contributed by atoms with E-state index >= 15 is 0 Å². The van der Waals surface area contributed by atoms with Crippen LogP contribution < -0.4 is 19.5 Å². The normalized spacial score (nSPS) is 13.6. The van der Waals surface area contributed by atoms with Gasteiger partial charge in [0.2, 0.25) is 0 Å². The maximum absolute atomic E-state index is 12.2. The molecule has 0 saturated heterocycles. The molecule has 1 aliphatic carbocycles. The van der Waals surface area contributed by atoms with Gasteiger partial charge in [-0.3, -0.25) is 4.79 Å². The van der Waals surface area contributed by atoms with Crippen LogP contribution in [0.25, 0.3) is 0 Å². The van der Waals surface area contributed by atoms with Crippen molar-refractivity contribution in [3.8, 4) is 23.3 Å². The Balaban J connectivity index is 1.52. The number of nitrogens with zero attached hydrogens (tertiary/aromatic N) is 1. The van der Waals surface area contributed by atoms with Crippen LogP contribution in [-0.2, 0) is 4.79 Å². The Labute approximate surface area is 165 Å². The van der Waals surface area contributed by atoms with Crippen molar-refractivity contribution < 1.29 is 19.0 Å². The highest BCUT2D eigenvalue weighted by molar-refractivity contribution is 5.91. The highest BCUT2D eigenvalue weighted by Crippen LogP contribution is 2.28. The van der Waals surface area contributed by atoms with Crippen LogP contribution in [-0.4, -0.2) is 25.2 Å². The lowest BCUT2D eigenvalue weighted by Crippen LogP contribution is -2.20. The van der Waals surface area contributed by atoms with E-state index in [4.69, 9.17) is 19.5 Å². The topological polar surface area (TPSA) is 80.6 Å². The number of nitrogens with one attached hydrogen (secondary N) is 1. The quantitative estimate of drug-likeness (QED) is 0.739. The molecule has 6 heteroatoms. The third-order valence-electron chi connectivity index (χ3n) is 4.47. The van der Waals surface area contributed by atoms with Gasteiger partial charge in [0.15, 0.2) is 18.1 Å². The molecule has 0 radical (unpaired) electrons. The number of carbonyl (C=O) groups is 1. The second kappa shape index (κ2) is 9.65. The van der Waals surface area contributed by atoms with Crippen molar-refractivity contribution in [1.29, 1.82) is 5.26 Å². The Bertz CT molecular complexity index is 837. The molecule has 1 N–H and O–H groups in total. The van der Waals surface area contributed by atoms with Gasteiger partial charge in [-0.1, -0.05) is 0 Å². The highest BCUT2D eigenvalue weighted by atomic mass is 16.5. The van der Waals surface area contributed by atoms with Crippen molar-refractivity contribution in [2.75, 3.05) is 18.5 Å². The van der Waals surface area contributed by atoms with Gasteiger partial charge in [-0.2, -0.15) is 5.26 Å². The molecule has 2 aromatic carbocycles. The molecule has 146 valence electrons. The minimum absolute atomic E-state index is 0.160. The fraction of sp³-hybridized carbons (Fsp3) is 0.364. The van der Waals surface area contributed by atoms with E-state index in [0.717, 1.165) is 18.6 Å². The van der Waals surface area contributed by atoms with E-state index in [-0.39, 0.29) is 12.5 Å². The SMILES string of the molecule is CCOc1cc(C#N)ccc1OCC(=O)Nc1ccc(OC2CCCC2)cc1. The van der Waals surface area contributed by atoms with Crippen LogP contribution in [0.2, 0.25) is 0 Å². The van der Waals surface area contributed by atoms with Crippen LogP contribution in [0.3, 0.4) is 0 Å². The molecule has 0 unspecified atom stereocenters. The number of nitriles is 1. The number of ether oxygens (including phenoxy) is 3. The number of hydrogen-bond donors (Lipinski definition) is 1. The second-order valence-corrected chi connectivity index (χ2v) is 6.59. The van der Waals surface area contributed by atoms with Crippen molar-refractivity contribution in [3.05, 3.63) is 48.0 Å². The lowest BCUT2D eigenvalue weighted by atomic mass is 10.2. The summed E-state index contributed by atoms with van der Waals surface area (Å²) in [5.74, 6) is 1.41. The number of rotatable bonds is 8. The minimum Gasteiger partial charge on any atom is -0.490 e. The van der Waals surface area contributed by atoms with Crippen LogP contribution in [0.4, 0.5) is 5.69 Å². The molecule has 0 atom stereocenters. The van der Waals surface area contributed by atoms with Crippen molar-refractivity contribution in [1.82, 2.24) is 0 Å². The second-order valence-electron chi connectivity index (χ2n) is 6.59. The highest BCUT2D eigenvalue weighted by Gasteiger charge is 2.16. The summed E-state index contributed by atoms with van der Waals surface area (Å²) < 4.78 is 17.0. The summed E-state index contributed by atoms with van der Waals surface area (Å²) in [5.41, 5.74) is 1.15. The van der Waals surface area contributed by atoms with Gasteiger partial charge < -0.3 is 19.5 Å². The lowest BCUT2D eigenvalue weighted by Gasteiger charge is -2.14. The molecule has 6 nitrogen and oxygen atoms in total. The maximum atomic E-state index is 12.2. The van der Waals surface area contributed by atoms with Gasteiger partial charge in [-0.25, -0.2) is 0 Å². The average Bonchev–Trinajstić information content (AvgIpc) is 3.22. The molecular weight excluding hydrogens is 356 g/mol. The van der Waals surface area contributed by atoms with Crippen LogP contribution in [0, 0.1) is 11.3 Å². The standard InChI is InChI=1S/C22H24N2O4/c1-2-26-21-13-16(14-23)7-12-20(21)27-15-22(25)24-17-8-10-19(11-9-17)28-18-5-3-4-6-18/h7-13,18H,2-6,15H2,1H3,(H,24,25). The first-order chi connectivity index (χ1) is 13.7. The monoisotopic (exact) mass is 380 g/mol. The molecule has 0 heterocycles. The van der Waals surface area contributed by atoms with E-state index in [1.165, 1.54) is 12.8 Å². The first-order valence-electron chi connectivity index (χ1n) is 9.54. The Kier molecular flexibility index (Phi) is 6.74. The summed E-state index contributed by atoms with van der Waals surface area (Å²) in [5, 5.41) is 11.8. The largest absolute Gasteiger partial charge is 0.490 e. The molecular formula is C22H24N2O4. The van der Waals surface area contributed by atoms with Crippen molar-refractivity contribution in [3.63, 3.8) is 0 Å². The summed E-state index contributed by atoms with van der Waals surface area (Å²) in [7, 11) is 0. The van der Waals surface area contributed by atoms with E-state index in [0.29, 0.717) is 35.5 Å². The van der Waals surface area contributed by atoms with Crippen LogP contribution in [0.1, 0.15) is 38.2 Å². The lowest BCUT2D eigenvalue weighted by molar-refractivity contribution is -0.118. The van der Waals surface area contributed by atoms with E-state index < -0.39 is 0 Å². The number of hydrogen-bond acceptors (Lipinski definition) is 5. The average molecular weight is 380 g/mol. The smallest absolute Gasteiger partial charge is 0.262 e. The summed E-state index contributed by atoms with van der Waals surface area (Å²) in [6.45, 7) is 2.12. The van der Waals surface area contributed by atoms with Crippen molar-refractivity contribution in [2.45, 2.75) is 38.7 Å². The minimum atomic E-state index is -0.281. The molecule has 28 heavy (non-hydrogen) atoms. The number of benzene rings is 2. The van der Waals surface area contributed by atoms with Gasteiger partial charge >= 0.3 is 0 Å². The molecule has 0 aromatic heterocycles. The molecule has 1 aliphatic rings. The fourth-order valence-corrected chi connectivity index (χ4v) is 3.12. The van der Waals surface area contributed by atoms with E-state index in [2.05, 4.69) is 11.4 Å². The summed E-state index contributed by atoms with van der Waals surface area (Å²) in [6.07, 6.45) is 4.97. The number of carbonyl (C=O) groups excluding carboxylic acids is 1. The molecule has 1 fully saturated rings. The van der Waals surface area contributed by atoms with Crippen molar-refractivity contribution >= 4 is 11.6 Å². The summed E-state index contributed by atoms with van der Waals surface area (Å²) in [6, 6.07) is 14.3. The zero-order chi connectivity index (χ0) is 19.8. The number of anilines is 1.